The predicted octanol–water partition coefficient (Wildman–Crippen LogP) is 1.73. The van der Waals surface area contributed by atoms with Crippen molar-refractivity contribution < 1.29 is 5.11 Å². The molecule has 3 N–H and O–H groups in total. The second-order valence-electron chi connectivity index (χ2n) is 3.89. The minimum absolute atomic E-state index is 0.338. The third-order valence-electron chi connectivity index (χ3n) is 2.12. The Morgan fingerprint density at radius 1 is 1.53 bits per heavy atom. The van der Waals surface area contributed by atoms with Gasteiger partial charge in [0.2, 0.25) is 0 Å². The average Bonchev–Trinajstić information content (AvgIpc) is 2.10. The molecule has 0 aliphatic heterocycles. The zero-order chi connectivity index (χ0) is 11.4. The number of hydrogen-bond acceptors (Lipinski definition) is 3. The van der Waals surface area contributed by atoms with E-state index in [0.29, 0.717) is 18.1 Å². The number of benzene rings is 1. The van der Waals surface area contributed by atoms with Gasteiger partial charge in [-0.3, -0.25) is 4.90 Å². The molecule has 1 aromatic carbocycles. The van der Waals surface area contributed by atoms with Crippen molar-refractivity contribution in [3.63, 3.8) is 0 Å². The third-order valence-corrected chi connectivity index (χ3v) is 2.36. The molecule has 84 valence electrons. The number of rotatable bonds is 4. The van der Waals surface area contributed by atoms with Crippen LogP contribution in [0.4, 0.5) is 5.69 Å². The maximum Gasteiger partial charge on any atom is 0.0639 e. The van der Waals surface area contributed by atoms with Crippen LogP contribution in [-0.4, -0.2) is 29.7 Å². The van der Waals surface area contributed by atoms with Crippen molar-refractivity contribution in [2.75, 3.05) is 19.3 Å². The van der Waals surface area contributed by atoms with Crippen LogP contribution in [0.3, 0.4) is 0 Å². The maximum atomic E-state index is 9.23. The minimum atomic E-state index is -0.338. The lowest BCUT2D eigenvalue weighted by Gasteiger charge is -2.19. The van der Waals surface area contributed by atoms with E-state index in [1.807, 2.05) is 18.0 Å². The van der Waals surface area contributed by atoms with E-state index in [1.54, 1.807) is 19.1 Å². The molecule has 0 aliphatic carbocycles. The lowest BCUT2D eigenvalue weighted by molar-refractivity contribution is 0.138. The summed E-state index contributed by atoms with van der Waals surface area (Å²) in [7, 11) is 1.94. The van der Waals surface area contributed by atoms with Crippen LogP contribution in [0.1, 0.15) is 12.5 Å². The van der Waals surface area contributed by atoms with Crippen molar-refractivity contribution in [2.45, 2.75) is 19.6 Å². The Hall–Kier alpha value is -0.770. The molecule has 0 aromatic heterocycles. The molecule has 0 saturated heterocycles. The van der Waals surface area contributed by atoms with Crippen LogP contribution in [0, 0.1) is 0 Å². The molecule has 0 spiro atoms. The van der Waals surface area contributed by atoms with Crippen LogP contribution in [0.2, 0.25) is 5.02 Å². The van der Waals surface area contributed by atoms with Crippen molar-refractivity contribution in [1.29, 1.82) is 0 Å². The summed E-state index contributed by atoms with van der Waals surface area (Å²) in [6.45, 7) is 3.07. The van der Waals surface area contributed by atoms with Gasteiger partial charge in [0.1, 0.15) is 0 Å². The number of anilines is 1. The number of likely N-dealkylation sites (N-methyl/N-ethyl adjacent to an activating group) is 1. The highest BCUT2D eigenvalue weighted by atomic mass is 35.5. The lowest BCUT2D eigenvalue weighted by atomic mass is 10.1. The van der Waals surface area contributed by atoms with Gasteiger partial charge in [-0.15, -0.1) is 0 Å². The molecule has 1 aromatic rings. The first kappa shape index (κ1) is 12.3. The van der Waals surface area contributed by atoms with Crippen LogP contribution in [0.15, 0.2) is 18.2 Å². The van der Waals surface area contributed by atoms with Crippen molar-refractivity contribution >= 4 is 17.3 Å². The first-order valence-corrected chi connectivity index (χ1v) is 5.27. The van der Waals surface area contributed by atoms with E-state index in [9.17, 15) is 5.11 Å². The fourth-order valence-electron chi connectivity index (χ4n) is 1.52. The molecule has 15 heavy (non-hydrogen) atoms. The molecule has 0 saturated carbocycles. The largest absolute Gasteiger partial charge is 0.398 e. The van der Waals surface area contributed by atoms with Crippen molar-refractivity contribution in [1.82, 2.24) is 4.90 Å². The fraction of sp³-hybridized carbons (Fsp3) is 0.455. The summed E-state index contributed by atoms with van der Waals surface area (Å²) in [5, 5.41) is 9.91. The normalized spacial score (nSPS) is 13.1. The molecule has 0 radical (unpaired) electrons. The number of nitrogens with two attached hydrogens (primary N) is 1. The van der Waals surface area contributed by atoms with Gasteiger partial charge in [0, 0.05) is 23.8 Å². The van der Waals surface area contributed by atoms with E-state index in [0.717, 1.165) is 11.3 Å². The van der Waals surface area contributed by atoms with Crippen LogP contribution < -0.4 is 5.73 Å². The summed E-state index contributed by atoms with van der Waals surface area (Å²) in [6, 6.07) is 5.43. The topological polar surface area (TPSA) is 49.5 Å². The van der Waals surface area contributed by atoms with Gasteiger partial charge in [-0.1, -0.05) is 11.6 Å². The fourth-order valence-corrected chi connectivity index (χ4v) is 1.71. The Morgan fingerprint density at radius 2 is 2.20 bits per heavy atom. The first-order chi connectivity index (χ1) is 6.99. The van der Waals surface area contributed by atoms with Gasteiger partial charge in [0.25, 0.3) is 0 Å². The lowest BCUT2D eigenvalue weighted by Crippen LogP contribution is -2.27. The Kier molecular flexibility index (Phi) is 4.39. The molecule has 0 aliphatic rings. The molecule has 1 rings (SSSR count). The Labute approximate surface area is 95.5 Å². The predicted molar refractivity (Wildman–Crippen MR) is 63.9 cm³/mol. The molecule has 0 fully saturated rings. The van der Waals surface area contributed by atoms with Gasteiger partial charge in [-0.2, -0.15) is 0 Å². The van der Waals surface area contributed by atoms with Crippen LogP contribution >= 0.6 is 11.6 Å². The quantitative estimate of drug-likeness (QED) is 0.772. The Morgan fingerprint density at radius 3 is 2.80 bits per heavy atom. The van der Waals surface area contributed by atoms with E-state index in [2.05, 4.69) is 0 Å². The van der Waals surface area contributed by atoms with Crippen molar-refractivity contribution in [2.24, 2.45) is 0 Å². The standard InChI is InChI=1S/C11H17ClN2O/c1-8(15)6-14(2)7-9-5-10(12)3-4-11(9)13/h3-5,8,15H,6-7,13H2,1-2H3. The molecule has 1 atom stereocenters. The maximum absolute atomic E-state index is 9.23. The summed E-state index contributed by atoms with van der Waals surface area (Å²) < 4.78 is 0. The zero-order valence-corrected chi connectivity index (χ0v) is 9.83. The number of halogens is 1. The van der Waals surface area contributed by atoms with Crippen molar-refractivity contribution in [3.05, 3.63) is 28.8 Å². The van der Waals surface area contributed by atoms with E-state index >= 15 is 0 Å². The average molecular weight is 229 g/mol. The summed E-state index contributed by atoms with van der Waals surface area (Å²) >= 11 is 5.88. The second-order valence-corrected chi connectivity index (χ2v) is 4.33. The van der Waals surface area contributed by atoms with Gasteiger partial charge < -0.3 is 10.8 Å². The van der Waals surface area contributed by atoms with Gasteiger partial charge in [-0.05, 0) is 37.7 Å². The van der Waals surface area contributed by atoms with Crippen LogP contribution in [0.25, 0.3) is 0 Å². The van der Waals surface area contributed by atoms with E-state index < -0.39 is 0 Å². The monoisotopic (exact) mass is 228 g/mol. The Bertz CT molecular complexity index is 328. The molecular formula is C11H17ClN2O. The molecule has 0 heterocycles. The highest BCUT2D eigenvalue weighted by molar-refractivity contribution is 6.30. The molecule has 0 amide bonds. The summed E-state index contributed by atoms with van der Waals surface area (Å²) in [6.07, 6.45) is -0.338. The summed E-state index contributed by atoms with van der Waals surface area (Å²) in [4.78, 5) is 2.01. The van der Waals surface area contributed by atoms with E-state index in [4.69, 9.17) is 17.3 Å². The van der Waals surface area contributed by atoms with Gasteiger partial charge in [-0.25, -0.2) is 0 Å². The van der Waals surface area contributed by atoms with E-state index in [1.165, 1.54) is 0 Å². The van der Waals surface area contributed by atoms with Gasteiger partial charge in [0.15, 0.2) is 0 Å². The molecule has 4 heteroatoms. The first-order valence-electron chi connectivity index (χ1n) is 4.89. The molecule has 3 nitrogen and oxygen atoms in total. The zero-order valence-electron chi connectivity index (χ0n) is 9.07. The molecule has 0 bridgehead atoms. The highest BCUT2D eigenvalue weighted by Gasteiger charge is 2.06. The number of nitrogens with zero attached hydrogens (tertiary/aromatic N) is 1. The third kappa shape index (κ3) is 4.08. The van der Waals surface area contributed by atoms with Gasteiger partial charge >= 0.3 is 0 Å². The smallest absolute Gasteiger partial charge is 0.0639 e. The highest BCUT2D eigenvalue weighted by Crippen LogP contribution is 2.19. The Balaban J connectivity index is 2.67. The summed E-state index contributed by atoms with van der Waals surface area (Å²) in [5.41, 5.74) is 7.55. The SMILES string of the molecule is CC(O)CN(C)Cc1cc(Cl)ccc1N. The summed E-state index contributed by atoms with van der Waals surface area (Å²) in [5.74, 6) is 0. The van der Waals surface area contributed by atoms with Gasteiger partial charge in [0.05, 0.1) is 6.10 Å². The number of aliphatic hydroxyl groups excluding tert-OH is 1. The van der Waals surface area contributed by atoms with Crippen molar-refractivity contribution in [3.8, 4) is 0 Å². The molecular weight excluding hydrogens is 212 g/mol. The minimum Gasteiger partial charge on any atom is -0.398 e. The van der Waals surface area contributed by atoms with Crippen LogP contribution in [0.5, 0.6) is 0 Å². The molecule has 1 unspecified atom stereocenters. The van der Waals surface area contributed by atoms with Crippen LogP contribution in [-0.2, 0) is 6.54 Å². The van der Waals surface area contributed by atoms with E-state index in [-0.39, 0.29) is 6.10 Å². The second kappa shape index (κ2) is 5.35. The number of aliphatic hydroxyl groups is 1. The number of nitrogen functional groups attached to an aromatic ring is 1. The number of hydrogen-bond donors (Lipinski definition) is 2.